The molecule has 23 heavy (non-hydrogen) atoms. The van der Waals surface area contributed by atoms with E-state index in [4.69, 9.17) is 39.5 Å². The van der Waals surface area contributed by atoms with E-state index in [-0.39, 0.29) is 27.7 Å². The van der Waals surface area contributed by atoms with Crippen LogP contribution in [-0.2, 0) is 4.74 Å². The van der Waals surface area contributed by atoms with Crippen molar-refractivity contribution in [2.75, 3.05) is 11.9 Å². The molecule has 0 unspecified atom stereocenters. The van der Waals surface area contributed by atoms with Gasteiger partial charge in [-0.15, -0.1) is 0 Å². The Morgan fingerprint density at radius 3 is 2.57 bits per heavy atom. The summed E-state index contributed by atoms with van der Waals surface area (Å²) in [5, 5.41) is 23.9. The fourth-order valence-electron chi connectivity index (χ4n) is 2.57. The average molecular weight is 381 g/mol. The summed E-state index contributed by atoms with van der Waals surface area (Å²) < 4.78 is 7.17. The Hall–Kier alpha value is -0.760. The molecule has 3 rings (SSSR count). The number of nitrogens with one attached hydrogen (secondary N) is 1. The maximum Gasteiger partial charge on any atom is 0.206 e. The van der Waals surface area contributed by atoms with Gasteiger partial charge in [0.15, 0.2) is 6.23 Å². The first kappa shape index (κ1) is 17.1. The highest BCUT2D eigenvalue weighted by molar-refractivity contribution is 6.50. The standard InChI is InChI=1S/C14H16Cl3N3O3/c1-5(2)18-14-19-11-7(3-6(15)9(16)10(11)17)20(14)13-12(22)8(21)4-23-13/h3,5,8,12-13,21-22H,4H2,1-2H3,(H,18,19)/t8-,12-,13-/m0/s1. The number of benzene rings is 1. The van der Waals surface area contributed by atoms with Crippen LogP contribution in [0.25, 0.3) is 11.0 Å². The molecule has 0 bridgehead atoms. The van der Waals surface area contributed by atoms with E-state index in [0.29, 0.717) is 17.0 Å². The van der Waals surface area contributed by atoms with Crippen LogP contribution in [0.5, 0.6) is 0 Å². The first-order valence-electron chi connectivity index (χ1n) is 7.11. The van der Waals surface area contributed by atoms with Crippen LogP contribution in [0.4, 0.5) is 5.95 Å². The van der Waals surface area contributed by atoms with E-state index >= 15 is 0 Å². The van der Waals surface area contributed by atoms with Crippen LogP contribution in [0.3, 0.4) is 0 Å². The Kier molecular flexibility index (Phi) is 4.66. The summed E-state index contributed by atoms with van der Waals surface area (Å²) in [5.74, 6) is 0.452. The monoisotopic (exact) mass is 379 g/mol. The molecule has 0 radical (unpaired) electrons. The zero-order valence-corrected chi connectivity index (χ0v) is 14.7. The molecule has 0 saturated carbocycles. The van der Waals surface area contributed by atoms with E-state index in [9.17, 15) is 10.2 Å². The smallest absolute Gasteiger partial charge is 0.206 e. The Bertz CT molecular complexity index is 750. The maximum absolute atomic E-state index is 10.2. The van der Waals surface area contributed by atoms with Gasteiger partial charge in [0.1, 0.15) is 17.7 Å². The van der Waals surface area contributed by atoms with Crippen LogP contribution in [-0.4, -0.2) is 44.6 Å². The van der Waals surface area contributed by atoms with Crippen LogP contribution in [0.1, 0.15) is 20.1 Å². The minimum Gasteiger partial charge on any atom is -0.388 e. The van der Waals surface area contributed by atoms with Crippen molar-refractivity contribution in [3.05, 3.63) is 21.1 Å². The van der Waals surface area contributed by atoms with Crippen molar-refractivity contribution in [3.8, 4) is 0 Å². The van der Waals surface area contributed by atoms with Crippen LogP contribution in [0.2, 0.25) is 15.1 Å². The number of anilines is 1. The molecule has 126 valence electrons. The van der Waals surface area contributed by atoms with E-state index < -0.39 is 18.4 Å². The fourth-order valence-corrected chi connectivity index (χ4v) is 3.20. The normalized spacial score (nSPS) is 24.8. The van der Waals surface area contributed by atoms with E-state index in [1.807, 2.05) is 13.8 Å². The lowest BCUT2D eigenvalue weighted by atomic mass is 10.2. The number of aliphatic hydroxyl groups excluding tert-OH is 2. The minimum absolute atomic E-state index is 0.0294. The average Bonchev–Trinajstić information content (AvgIpc) is 2.98. The Balaban J connectivity index is 2.24. The van der Waals surface area contributed by atoms with Crippen LogP contribution < -0.4 is 5.32 Å². The molecule has 1 aliphatic rings. The van der Waals surface area contributed by atoms with E-state index in [1.54, 1.807) is 10.6 Å². The number of nitrogens with zero attached hydrogens (tertiary/aromatic N) is 2. The number of halogens is 3. The number of hydrogen-bond donors (Lipinski definition) is 3. The molecule has 0 aliphatic carbocycles. The van der Waals surface area contributed by atoms with Crippen molar-refractivity contribution >= 4 is 51.8 Å². The molecule has 2 heterocycles. The van der Waals surface area contributed by atoms with Gasteiger partial charge in [0.2, 0.25) is 5.95 Å². The summed E-state index contributed by atoms with van der Waals surface area (Å²) in [4.78, 5) is 4.46. The predicted molar refractivity (Wildman–Crippen MR) is 90.5 cm³/mol. The highest BCUT2D eigenvalue weighted by Gasteiger charge is 2.38. The fraction of sp³-hybridized carbons (Fsp3) is 0.500. The second-order valence-electron chi connectivity index (χ2n) is 5.74. The zero-order valence-electron chi connectivity index (χ0n) is 12.4. The lowest BCUT2D eigenvalue weighted by Crippen LogP contribution is -2.29. The van der Waals surface area contributed by atoms with Crippen molar-refractivity contribution in [1.82, 2.24) is 9.55 Å². The van der Waals surface area contributed by atoms with Gasteiger partial charge < -0.3 is 20.3 Å². The second kappa shape index (κ2) is 6.27. The molecule has 2 aromatic rings. The van der Waals surface area contributed by atoms with Crippen LogP contribution >= 0.6 is 34.8 Å². The Labute approximate surface area is 147 Å². The van der Waals surface area contributed by atoms with Crippen molar-refractivity contribution in [1.29, 1.82) is 0 Å². The summed E-state index contributed by atoms with van der Waals surface area (Å²) in [7, 11) is 0. The van der Waals surface area contributed by atoms with Gasteiger partial charge in [-0.05, 0) is 19.9 Å². The van der Waals surface area contributed by atoms with E-state index in [2.05, 4.69) is 10.3 Å². The molecule has 0 amide bonds. The topological polar surface area (TPSA) is 79.5 Å². The van der Waals surface area contributed by atoms with Gasteiger partial charge in [0.05, 0.1) is 27.2 Å². The number of imidazole rings is 1. The first-order valence-corrected chi connectivity index (χ1v) is 8.24. The van der Waals surface area contributed by atoms with Gasteiger partial charge in [-0.25, -0.2) is 4.98 Å². The molecule has 3 N–H and O–H groups in total. The van der Waals surface area contributed by atoms with Gasteiger partial charge in [-0.1, -0.05) is 34.8 Å². The van der Waals surface area contributed by atoms with E-state index in [0.717, 1.165) is 0 Å². The summed E-state index contributed by atoms with van der Waals surface area (Å²) in [5.41, 5.74) is 1.01. The van der Waals surface area contributed by atoms with Gasteiger partial charge in [-0.2, -0.15) is 0 Å². The molecule has 0 spiro atoms. The molecule has 3 atom stereocenters. The lowest BCUT2D eigenvalue weighted by Gasteiger charge is -2.21. The van der Waals surface area contributed by atoms with Gasteiger partial charge in [0.25, 0.3) is 0 Å². The van der Waals surface area contributed by atoms with Crippen molar-refractivity contribution in [2.24, 2.45) is 0 Å². The highest BCUT2D eigenvalue weighted by atomic mass is 35.5. The number of hydrogen-bond acceptors (Lipinski definition) is 5. The van der Waals surface area contributed by atoms with Crippen molar-refractivity contribution in [2.45, 2.75) is 38.3 Å². The minimum atomic E-state index is -1.09. The summed E-state index contributed by atoms with van der Waals surface area (Å²) >= 11 is 18.5. The van der Waals surface area contributed by atoms with Gasteiger partial charge in [-0.3, -0.25) is 4.57 Å². The zero-order chi connectivity index (χ0) is 16.9. The second-order valence-corrected chi connectivity index (χ2v) is 6.90. The third-order valence-electron chi connectivity index (χ3n) is 3.62. The number of rotatable bonds is 3. The molecule has 6 nitrogen and oxygen atoms in total. The third-order valence-corrected chi connectivity index (χ3v) is 4.87. The molecule has 1 aliphatic heterocycles. The number of fused-ring (bicyclic) bond motifs is 1. The van der Waals surface area contributed by atoms with Crippen molar-refractivity contribution in [3.63, 3.8) is 0 Å². The van der Waals surface area contributed by atoms with Crippen molar-refractivity contribution < 1.29 is 14.9 Å². The molecule has 1 fully saturated rings. The molecular weight excluding hydrogens is 365 g/mol. The predicted octanol–water partition coefficient (Wildman–Crippen LogP) is 3.07. The number of aromatic nitrogens is 2. The molecular formula is C14H16Cl3N3O3. The molecule has 9 heteroatoms. The lowest BCUT2D eigenvalue weighted by molar-refractivity contribution is -0.0148. The van der Waals surface area contributed by atoms with Crippen LogP contribution in [0.15, 0.2) is 6.07 Å². The Morgan fingerprint density at radius 2 is 2.00 bits per heavy atom. The Morgan fingerprint density at radius 1 is 1.30 bits per heavy atom. The van der Waals surface area contributed by atoms with E-state index in [1.165, 1.54) is 0 Å². The number of aliphatic hydroxyl groups is 2. The van der Waals surface area contributed by atoms with Gasteiger partial charge >= 0.3 is 0 Å². The third kappa shape index (κ3) is 2.88. The molecule has 1 aromatic heterocycles. The summed E-state index contributed by atoms with van der Waals surface area (Å²) in [6.07, 6.45) is -2.86. The summed E-state index contributed by atoms with van der Waals surface area (Å²) in [6, 6.07) is 1.70. The highest BCUT2D eigenvalue weighted by Crippen LogP contribution is 2.40. The molecule has 1 aromatic carbocycles. The van der Waals surface area contributed by atoms with Gasteiger partial charge in [0, 0.05) is 6.04 Å². The SMILES string of the molecule is CC(C)Nc1nc2c(Cl)c(Cl)c(Cl)cc2n1[C@H]1OC[C@H](O)[C@@H]1O. The maximum atomic E-state index is 10.2. The molecule has 1 saturated heterocycles. The quantitative estimate of drug-likeness (QED) is 0.713. The first-order chi connectivity index (χ1) is 10.8. The van der Waals surface area contributed by atoms with Crippen LogP contribution in [0, 0.1) is 0 Å². The number of ether oxygens (including phenoxy) is 1. The summed E-state index contributed by atoms with van der Waals surface area (Å²) in [6.45, 7) is 3.93. The largest absolute Gasteiger partial charge is 0.388 e.